The number of hydrogen-bond donors (Lipinski definition) is 2. The zero-order chi connectivity index (χ0) is 18.1. The first-order valence-electron chi connectivity index (χ1n) is 9.04. The van der Waals surface area contributed by atoms with Gasteiger partial charge < -0.3 is 11.1 Å². The summed E-state index contributed by atoms with van der Waals surface area (Å²) in [5.74, 6) is 1.04. The topological polar surface area (TPSA) is 80.0 Å². The first-order chi connectivity index (χ1) is 12.6. The normalized spacial score (nSPS) is 13.9. The van der Waals surface area contributed by atoms with Crippen molar-refractivity contribution in [2.75, 3.05) is 24.1 Å². The Labute approximate surface area is 153 Å². The number of nitrogens with zero attached hydrogens (tertiary/aromatic N) is 4. The molecule has 1 aliphatic rings. The van der Waals surface area contributed by atoms with Crippen molar-refractivity contribution in [3.8, 4) is 0 Å². The fourth-order valence-electron chi connectivity index (χ4n) is 3.65. The molecule has 6 heteroatoms. The van der Waals surface area contributed by atoms with Gasteiger partial charge in [0.2, 0.25) is 5.95 Å². The molecule has 1 aromatic carbocycles. The van der Waals surface area contributed by atoms with Gasteiger partial charge in [-0.3, -0.25) is 4.90 Å². The lowest BCUT2D eigenvalue weighted by Gasteiger charge is -2.15. The molecule has 0 aliphatic carbocycles. The fourth-order valence-corrected chi connectivity index (χ4v) is 3.65. The molecule has 0 bridgehead atoms. The molecule has 3 N–H and O–H groups in total. The van der Waals surface area contributed by atoms with Crippen LogP contribution in [0.25, 0.3) is 11.0 Å². The van der Waals surface area contributed by atoms with Gasteiger partial charge in [0.25, 0.3) is 0 Å². The standard InChI is InChI=1S/C20H24N6/c1-13-10-14(2)23-19-17(13)18(21)24-20(25-19)22-8-5-9-26-11-15-6-3-4-7-16(15)12-26/h3-4,6-7,10H,5,8-9,11-12H2,1-2H3,(H3,21,22,23,24,25). The van der Waals surface area contributed by atoms with E-state index in [2.05, 4.69) is 49.4 Å². The van der Waals surface area contributed by atoms with Crippen molar-refractivity contribution in [2.24, 2.45) is 0 Å². The van der Waals surface area contributed by atoms with Crippen molar-refractivity contribution >= 4 is 22.8 Å². The van der Waals surface area contributed by atoms with Crippen LogP contribution in [0.1, 0.15) is 28.8 Å². The van der Waals surface area contributed by atoms with Gasteiger partial charge in [-0.15, -0.1) is 0 Å². The molecule has 26 heavy (non-hydrogen) atoms. The Morgan fingerprint density at radius 1 is 1.08 bits per heavy atom. The van der Waals surface area contributed by atoms with E-state index in [1.165, 1.54) is 11.1 Å². The fraction of sp³-hybridized carbons (Fsp3) is 0.350. The summed E-state index contributed by atoms with van der Waals surface area (Å²) in [4.78, 5) is 15.9. The quantitative estimate of drug-likeness (QED) is 0.690. The predicted molar refractivity (Wildman–Crippen MR) is 105 cm³/mol. The number of nitrogens with two attached hydrogens (primary N) is 1. The first-order valence-corrected chi connectivity index (χ1v) is 9.04. The van der Waals surface area contributed by atoms with E-state index in [0.29, 0.717) is 17.4 Å². The number of aryl methyl sites for hydroxylation is 2. The second kappa shape index (κ2) is 6.88. The van der Waals surface area contributed by atoms with E-state index in [-0.39, 0.29) is 0 Å². The summed E-state index contributed by atoms with van der Waals surface area (Å²) >= 11 is 0. The van der Waals surface area contributed by atoms with Gasteiger partial charge in [0.15, 0.2) is 5.65 Å². The number of nitrogen functional groups attached to an aromatic ring is 1. The lowest BCUT2D eigenvalue weighted by molar-refractivity contribution is 0.283. The van der Waals surface area contributed by atoms with E-state index in [1.54, 1.807) is 0 Å². The Bertz CT molecular complexity index is 927. The van der Waals surface area contributed by atoms with E-state index in [0.717, 1.165) is 49.2 Å². The van der Waals surface area contributed by atoms with Gasteiger partial charge in [0, 0.05) is 31.9 Å². The Kier molecular flexibility index (Phi) is 4.42. The van der Waals surface area contributed by atoms with Crippen LogP contribution >= 0.6 is 0 Å². The maximum atomic E-state index is 6.12. The lowest BCUT2D eigenvalue weighted by atomic mass is 10.1. The molecule has 0 unspecified atom stereocenters. The third kappa shape index (κ3) is 3.32. The minimum absolute atomic E-state index is 0.484. The average molecular weight is 348 g/mol. The van der Waals surface area contributed by atoms with Crippen molar-refractivity contribution in [1.82, 2.24) is 19.9 Å². The summed E-state index contributed by atoms with van der Waals surface area (Å²) < 4.78 is 0. The largest absolute Gasteiger partial charge is 0.383 e. The van der Waals surface area contributed by atoms with Gasteiger partial charge in [0.05, 0.1) is 5.39 Å². The summed E-state index contributed by atoms with van der Waals surface area (Å²) in [7, 11) is 0. The molecule has 6 nitrogen and oxygen atoms in total. The van der Waals surface area contributed by atoms with Crippen molar-refractivity contribution in [3.63, 3.8) is 0 Å². The number of anilines is 2. The van der Waals surface area contributed by atoms with E-state index in [4.69, 9.17) is 5.73 Å². The SMILES string of the molecule is Cc1cc(C)c2c(N)nc(NCCCN3Cc4ccccc4C3)nc2n1. The minimum Gasteiger partial charge on any atom is -0.383 e. The summed E-state index contributed by atoms with van der Waals surface area (Å²) in [5.41, 5.74) is 11.7. The van der Waals surface area contributed by atoms with Gasteiger partial charge in [-0.2, -0.15) is 9.97 Å². The van der Waals surface area contributed by atoms with Crippen LogP contribution in [0, 0.1) is 13.8 Å². The third-order valence-electron chi connectivity index (χ3n) is 4.86. The van der Waals surface area contributed by atoms with Crippen LogP contribution in [-0.4, -0.2) is 32.9 Å². The van der Waals surface area contributed by atoms with Crippen molar-refractivity contribution in [3.05, 3.63) is 52.7 Å². The monoisotopic (exact) mass is 348 g/mol. The van der Waals surface area contributed by atoms with Crippen LogP contribution in [0.3, 0.4) is 0 Å². The van der Waals surface area contributed by atoms with E-state index >= 15 is 0 Å². The molecule has 1 aliphatic heterocycles. The molecule has 134 valence electrons. The van der Waals surface area contributed by atoms with Crippen LogP contribution in [-0.2, 0) is 13.1 Å². The molecule has 4 rings (SSSR count). The molecular weight excluding hydrogens is 324 g/mol. The highest BCUT2D eigenvalue weighted by Crippen LogP contribution is 2.23. The van der Waals surface area contributed by atoms with E-state index in [9.17, 15) is 0 Å². The second-order valence-corrected chi connectivity index (χ2v) is 6.97. The number of benzene rings is 1. The molecule has 0 radical (unpaired) electrons. The molecule has 3 aromatic rings. The third-order valence-corrected chi connectivity index (χ3v) is 4.86. The van der Waals surface area contributed by atoms with Crippen LogP contribution in [0.2, 0.25) is 0 Å². The summed E-state index contributed by atoms with van der Waals surface area (Å²) in [6.45, 7) is 7.91. The molecular formula is C20H24N6. The molecule has 0 fully saturated rings. The molecule has 0 spiro atoms. The van der Waals surface area contributed by atoms with Gasteiger partial charge in [0.1, 0.15) is 5.82 Å². The second-order valence-electron chi connectivity index (χ2n) is 6.97. The lowest BCUT2D eigenvalue weighted by Crippen LogP contribution is -2.20. The van der Waals surface area contributed by atoms with Crippen molar-refractivity contribution in [2.45, 2.75) is 33.4 Å². The summed E-state index contributed by atoms with van der Waals surface area (Å²) in [6.07, 6.45) is 1.02. The highest BCUT2D eigenvalue weighted by atomic mass is 15.2. The van der Waals surface area contributed by atoms with Crippen LogP contribution in [0.5, 0.6) is 0 Å². The molecule has 0 saturated heterocycles. The summed E-state index contributed by atoms with van der Waals surface area (Å²) in [5, 5.41) is 4.14. The van der Waals surface area contributed by atoms with Gasteiger partial charge in [-0.1, -0.05) is 24.3 Å². The van der Waals surface area contributed by atoms with E-state index in [1.807, 2.05) is 19.9 Å². The average Bonchev–Trinajstić information content (AvgIpc) is 3.00. The molecule has 0 amide bonds. The maximum absolute atomic E-state index is 6.12. The predicted octanol–water partition coefficient (Wildman–Crippen LogP) is 3.04. The van der Waals surface area contributed by atoms with Gasteiger partial charge in [-0.05, 0) is 43.0 Å². The number of aromatic nitrogens is 3. The summed E-state index contributed by atoms with van der Waals surface area (Å²) in [6, 6.07) is 10.7. The number of fused-ring (bicyclic) bond motifs is 2. The molecule has 0 atom stereocenters. The van der Waals surface area contributed by atoms with Crippen LogP contribution in [0.4, 0.5) is 11.8 Å². The molecule has 2 aromatic heterocycles. The molecule has 3 heterocycles. The Morgan fingerprint density at radius 2 is 1.81 bits per heavy atom. The Hall–Kier alpha value is -2.73. The zero-order valence-corrected chi connectivity index (χ0v) is 15.3. The van der Waals surface area contributed by atoms with E-state index < -0.39 is 0 Å². The zero-order valence-electron chi connectivity index (χ0n) is 15.3. The number of pyridine rings is 1. The minimum atomic E-state index is 0.484. The van der Waals surface area contributed by atoms with Crippen LogP contribution < -0.4 is 11.1 Å². The van der Waals surface area contributed by atoms with Gasteiger partial charge in [-0.25, -0.2) is 4.98 Å². The highest BCUT2D eigenvalue weighted by Gasteiger charge is 2.17. The maximum Gasteiger partial charge on any atom is 0.226 e. The Balaban J connectivity index is 1.35. The Morgan fingerprint density at radius 3 is 2.54 bits per heavy atom. The first kappa shape index (κ1) is 16.7. The number of hydrogen-bond acceptors (Lipinski definition) is 6. The molecule has 0 saturated carbocycles. The van der Waals surface area contributed by atoms with Crippen molar-refractivity contribution in [1.29, 1.82) is 0 Å². The van der Waals surface area contributed by atoms with Gasteiger partial charge >= 0.3 is 0 Å². The highest BCUT2D eigenvalue weighted by molar-refractivity contribution is 5.89. The smallest absolute Gasteiger partial charge is 0.226 e. The van der Waals surface area contributed by atoms with Crippen molar-refractivity contribution < 1.29 is 0 Å². The number of rotatable bonds is 5. The van der Waals surface area contributed by atoms with Crippen LogP contribution in [0.15, 0.2) is 30.3 Å². The number of nitrogens with one attached hydrogen (secondary N) is 1.